The first-order chi connectivity index (χ1) is 16.0. The fourth-order valence-electron chi connectivity index (χ4n) is 4.19. The lowest BCUT2D eigenvalue weighted by molar-refractivity contribution is -0.00737. The number of aromatic hydroxyl groups is 1. The molecule has 0 radical (unpaired) electrons. The molecule has 0 aliphatic heterocycles. The van der Waals surface area contributed by atoms with Gasteiger partial charge in [-0.3, -0.25) is 0 Å². The number of ether oxygens (including phenoxy) is 2. The lowest BCUT2D eigenvalue weighted by Crippen LogP contribution is -2.34. The predicted octanol–water partition coefficient (Wildman–Crippen LogP) is 3.54. The van der Waals surface area contributed by atoms with Crippen LogP contribution in [0.25, 0.3) is 0 Å². The molecule has 0 amide bonds. The van der Waals surface area contributed by atoms with Crippen LogP contribution in [0.3, 0.4) is 0 Å². The number of hydrogen-bond acceptors (Lipinski definition) is 8. The highest BCUT2D eigenvalue weighted by atomic mass is 16.5. The third-order valence-corrected chi connectivity index (χ3v) is 5.54. The largest absolute Gasteiger partial charge is 0.507 e. The molecule has 1 aliphatic rings. The SMILES string of the molecule is CC1CC(OC(=O)c2ccccc2O)CC(C)(C)C1.Nc1ccccc1C(=O)OCC(O)CO. The van der Waals surface area contributed by atoms with Crippen molar-refractivity contribution in [2.75, 3.05) is 18.9 Å². The normalized spacial score (nSPS) is 19.8. The molecule has 8 nitrogen and oxygen atoms in total. The van der Waals surface area contributed by atoms with Crippen LogP contribution in [0, 0.1) is 11.3 Å². The maximum absolute atomic E-state index is 12.1. The highest BCUT2D eigenvalue weighted by molar-refractivity contribution is 5.95. The summed E-state index contributed by atoms with van der Waals surface area (Å²) in [6.45, 7) is 5.93. The molecule has 3 unspecified atom stereocenters. The number of phenolic OH excluding ortho intramolecular Hbond substituents is 1. The number of carbonyl (C=O) groups is 2. The summed E-state index contributed by atoms with van der Waals surface area (Å²) >= 11 is 0. The van der Waals surface area contributed by atoms with E-state index < -0.39 is 24.6 Å². The molecular formula is C26H35NO7. The molecular weight excluding hydrogens is 438 g/mol. The molecule has 1 aliphatic carbocycles. The minimum absolute atomic E-state index is 0.0179. The Morgan fingerprint density at radius 3 is 2.26 bits per heavy atom. The van der Waals surface area contributed by atoms with Crippen molar-refractivity contribution >= 4 is 17.6 Å². The van der Waals surface area contributed by atoms with Gasteiger partial charge in [-0.1, -0.05) is 45.0 Å². The Balaban J connectivity index is 0.000000248. The Morgan fingerprint density at radius 1 is 1.06 bits per heavy atom. The van der Waals surface area contributed by atoms with Gasteiger partial charge >= 0.3 is 11.9 Å². The molecule has 34 heavy (non-hydrogen) atoms. The molecule has 0 bridgehead atoms. The van der Waals surface area contributed by atoms with Crippen LogP contribution in [0.5, 0.6) is 5.75 Å². The molecule has 3 atom stereocenters. The quantitative estimate of drug-likeness (QED) is 0.369. The molecule has 0 aromatic heterocycles. The second-order valence-electron chi connectivity index (χ2n) is 9.48. The first-order valence-corrected chi connectivity index (χ1v) is 11.3. The summed E-state index contributed by atoms with van der Waals surface area (Å²) in [5, 5.41) is 27.1. The number of para-hydroxylation sites is 2. The van der Waals surface area contributed by atoms with E-state index in [0.29, 0.717) is 11.6 Å². The van der Waals surface area contributed by atoms with Crippen LogP contribution in [0.1, 0.15) is 60.7 Å². The highest BCUT2D eigenvalue weighted by Gasteiger charge is 2.34. The number of carbonyl (C=O) groups excluding carboxylic acids is 2. The molecule has 8 heteroatoms. The van der Waals surface area contributed by atoms with Gasteiger partial charge in [-0.2, -0.15) is 0 Å². The Labute approximate surface area is 200 Å². The molecule has 3 rings (SSSR count). The van der Waals surface area contributed by atoms with E-state index in [1.807, 2.05) is 0 Å². The van der Waals surface area contributed by atoms with Gasteiger partial charge in [-0.05, 0) is 54.9 Å². The maximum atomic E-state index is 12.1. The van der Waals surface area contributed by atoms with Crippen molar-refractivity contribution in [2.45, 2.75) is 52.2 Å². The minimum atomic E-state index is -1.06. The van der Waals surface area contributed by atoms with E-state index >= 15 is 0 Å². The van der Waals surface area contributed by atoms with Crippen LogP contribution in [0.4, 0.5) is 5.69 Å². The van der Waals surface area contributed by atoms with E-state index in [1.54, 1.807) is 36.4 Å². The molecule has 1 fully saturated rings. The van der Waals surface area contributed by atoms with Gasteiger partial charge in [-0.25, -0.2) is 9.59 Å². The van der Waals surface area contributed by atoms with Gasteiger partial charge in [0.1, 0.15) is 30.1 Å². The first kappa shape index (κ1) is 27.1. The molecule has 1 saturated carbocycles. The number of anilines is 1. The predicted molar refractivity (Wildman–Crippen MR) is 128 cm³/mol. The van der Waals surface area contributed by atoms with Crippen molar-refractivity contribution in [1.82, 2.24) is 0 Å². The van der Waals surface area contributed by atoms with Gasteiger partial charge in [-0.15, -0.1) is 0 Å². The summed E-state index contributed by atoms with van der Waals surface area (Å²) in [6, 6.07) is 13.0. The molecule has 0 spiro atoms. The minimum Gasteiger partial charge on any atom is -0.507 e. The zero-order valence-corrected chi connectivity index (χ0v) is 19.9. The van der Waals surface area contributed by atoms with Crippen LogP contribution < -0.4 is 5.73 Å². The molecule has 0 saturated heterocycles. The van der Waals surface area contributed by atoms with E-state index in [-0.39, 0.29) is 35.0 Å². The highest BCUT2D eigenvalue weighted by Crippen LogP contribution is 2.40. The molecule has 5 N–H and O–H groups in total. The third kappa shape index (κ3) is 8.35. The Morgan fingerprint density at radius 2 is 1.68 bits per heavy atom. The van der Waals surface area contributed by atoms with Gasteiger partial charge in [0.2, 0.25) is 0 Å². The molecule has 2 aromatic rings. The second kappa shape index (κ2) is 12.4. The van der Waals surface area contributed by atoms with Crippen LogP contribution >= 0.6 is 0 Å². The van der Waals surface area contributed by atoms with E-state index in [4.69, 9.17) is 25.4 Å². The average molecular weight is 474 g/mol. The second-order valence-corrected chi connectivity index (χ2v) is 9.48. The number of phenols is 1. The molecule has 0 heterocycles. The Kier molecular flexibility index (Phi) is 9.89. The summed E-state index contributed by atoms with van der Waals surface area (Å²) in [6.07, 6.45) is 1.85. The van der Waals surface area contributed by atoms with Crippen molar-refractivity contribution in [3.05, 3.63) is 59.7 Å². The number of benzene rings is 2. The first-order valence-electron chi connectivity index (χ1n) is 11.3. The van der Waals surface area contributed by atoms with Crippen molar-refractivity contribution in [3.63, 3.8) is 0 Å². The Hall–Kier alpha value is -3.10. The van der Waals surface area contributed by atoms with Gasteiger partial charge in [0.25, 0.3) is 0 Å². The van der Waals surface area contributed by atoms with E-state index in [2.05, 4.69) is 20.8 Å². The lowest BCUT2D eigenvalue weighted by Gasteiger charge is -2.38. The number of nitrogen functional groups attached to an aromatic ring is 1. The number of aliphatic hydroxyl groups is 2. The summed E-state index contributed by atoms with van der Waals surface area (Å²) in [5.74, 6) is -0.491. The topological polar surface area (TPSA) is 139 Å². The molecule has 186 valence electrons. The number of rotatable bonds is 6. The van der Waals surface area contributed by atoms with Crippen molar-refractivity contribution in [3.8, 4) is 5.75 Å². The van der Waals surface area contributed by atoms with Crippen LogP contribution in [-0.4, -0.2) is 52.7 Å². The van der Waals surface area contributed by atoms with Gasteiger partial charge < -0.3 is 30.5 Å². The third-order valence-electron chi connectivity index (χ3n) is 5.54. The lowest BCUT2D eigenvalue weighted by atomic mass is 9.71. The standard InChI is InChI=1S/C16H22O3.C10H13NO4/c1-11-8-12(10-16(2,3)9-11)19-15(18)13-6-4-5-7-14(13)17;11-9-4-2-1-3-8(9)10(14)15-6-7(13)5-12/h4-7,11-12,17H,8-10H2,1-3H3;1-4,7,12-13H,5-6,11H2. The smallest absolute Gasteiger partial charge is 0.342 e. The zero-order chi connectivity index (χ0) is 25.3. The molecule has 2 aromatic carbocycles. The van der Waals surface area contributed by atoms with Gasteiger partial charge in [0.15, 0.2) is 0 Å². The summed E-state index contributed by atoms with van der Waals surface area (Å²) in [5.41, 5.74) is 6.58. The van der Waals surface area contributed by atoms with E-state index in [9.17, 15) is 14.7 Å². The number of hydrogen-bond donors (Lipinski definition) is 4. The van der Waals surface area contributed by atoms with Gasteiger partial charge in [0, 0.05) is 5.69 Å². The van der Waals surface area contributed by atoms with E-state index in [0.717, 1.165) is 19.3 Å². The van der Waals surface area contributed by atoms with Crippen molar-refractivity contribution in [2.24, 2.45) is 11.3 Å². The van der Waals surface area contributed by atoms with Crippen LogP contribution in [0.15, 0.2) is 48.5 Å². The maximum Gasteiger partial charge on any atom is 0.342 e. The summed E-state index contributed by atoms with van der Waals surface area (Å²) in [4.78, 5) is 23.5. The number of esters is 2. The monoisotopic (exact) mass is 473 g/mol. The Bertz CT molecular complexity index is 960. The van der Waals surface area contributed by atoms with Crippen LogP contribution in [0.2, 0.25) is 0 Å². The van der Waals surface area contributed by atoms with Crippen molar-refractivity contribution in [1.29, 1.82) is 0 Å². The summed E-state index contributed by atoms with van der Waals surface area (Å²) in [7, 11) is 0. The summed E-state index contributed by atoms with van der Waals surface area (Å²) < 4.78 is 10.3. The number of aliphatic hydroxyl groups excluding tert-OH is 2. The zero-order valence-electron chi connectivity index (χ0n) is 19.9. The fraction of sp³-hybridized carbons (Fsp3) is 0.462. The number of nitrogens with two attached hydrogens (primary N) is 1. The van der Waals surface area contributed by atoms with Crippen molar-refractivity contribution < 1.29 is 34.4 Å². The average Bonchev–Trinajstić information content (AvgIpc) is 2.76. The van der Waals surface area contributed by atoms with E-state index in [1.165, 1.54) is 12.1 Å². The van der Waals surface area contributed by atoms with Gasteiger partial charge in [0.05, 0.1) is 12.2 Å². The fourth-order valence-corrected chi connectivity index (χ4v) is 4.19. The van der Waals surface area contributed by atoms with Crippen LogP contribution in [-0.2, 0) is 9.47 Å².